The minimum atomic E-state index is -0.488. The van der Waals surface area contributed by atoms with Crippen LogP contribution in [0.1, 0.15) is 40.8 Å². The summed E-state index contributed by atoms with van der Waals surface area (Å²) in [5.74, 6) is 0.234. The van der Waals surface area contributed by atoms with Gasteiger partial charge in [0.1, 0.15) is 0 Å². The van der Waals surface area contributed by atoms with Crippen molar-refractivity contribution in [3.63, 3.8) is 0 Å². The number of H-pyrrole nitrogens is 1. The summed E-state index contributed by atoms with van der Waals surface area (Å²) < 4.78 is 3.16. The molecule has 0 aliphatic heterocycles. The molecule has 0 saturated heterocycles. The van der Waals surface area contributed by atoms with Gasteiger partial charge in [-0.1, -0.05) is 11.8 Å². The molecule has 1 aromatic carbocycles. The molecule has 4 rings (SSSR count). The van der Waals surface area contributed by atoms with E-state index in [0.29, 0.717) is 25.9 Å². The number of thiazole rings is 1. The number of aryl methyl sites for hydroxylation is 1. The highest BCUT2D eigenvalue weighted by molar-refractivity contribution is 8.01. The molecule has 0 atom stereocenters. The van der Waals surface area contributed by atoms with Crippen molar-refractivity contribution in [3.05, 3.63) is 55.5 Å². The van der Waals surface area contributed by atoms with Crippen LogP contribution in [0, 0.1) is 21.8 Å². The number of nitro benzene ring substituents is 1. The smallest absolute Gasteiger partial charge is 0.284 e. The molecule has 3 aromatic rings. The fraction of sp³-hybridized carbons (Fsp3) is 0.294. The standard InChI is InChI=1S/C17H16N6O3S3/c1-9-8-28-17(19-9)29-13-5-2-10(6-12(13)23(25)26)15(24)18-7-14-20-21-16(27)22(14)11-3-4-11/h2,5-6,8,11H,3-4,7H2,1H3,(H,18,24)(H,21,27). The van der Waals surface area contributed by atoms with E-state index in [4.69, 9.17) is 12.2 Å². The van der Waals surface area contributed by atoms with E-state index in [1.807, 2.05) is 16.9 Å². The summed E-state index contributed by atoms with van der Waals surface area (Å²) in [4.78, 5) is 28.3. The lowest BCUT2D eigenvalue weighted by Crippen LogP contribution is -2.24. The Bertz CT molecular complexity index is 1150. The first kappa shape index (κ1) is 19.7. The third kappa shape index (κ3) is 4.38. The number of nitrogens with zero attached hydrogens (tertiary/aromatic N) is 4. The van der Waals surface area contributed by atoms with Crippen LogP contribution in [0.25, 0.3) is 0 Å². The van der Waals surface area contributed by atoms with E-state index in [0.717, 1.165) is 18.5 Å². The number of hydrogen-bond acceptors (Lipinski definition) is 8. The second kappa shape index (κ2) is 8.05. The van der Waals surface area contributed by atoms with Gasteiger partial charge in [0, 0.05) is 28.7 Å². The van der Waals surface area contributed by atoms with Crippen LogP contribution in [0.4, 0.5) is 5.69 Å². The van der Waals surface area contributed by atoms with Crippen molar-refractivity contribution in [1.29, 1.82) is 0 Å². The van der Waals surface area contributed by atoms with Gasteiger partial charge >= 0.3 is 0 Å². The molecule has 0 spiro atoms. The van der Waals surface area contributed by atoms with Crippen molar-refractivity contribution in [3.8, 4) is 0 Å². The Morgan fingerprint density at radius 1 is 1.52 bits per heavy atom. The van der Waals surface area contributed by atoms with Gasteiger partial charge < -0.3 is 5.32 Å². The number of hydrogen-bond donors (Lipinski definition) is 2. The Balaban J connectivity index is 1.50. The molecule has 0 unspecified atom stereocenters. The molecule has 0 bridgehead atoms. The first-order valence-corrected chi connectivity index (χ1v) is 10.8. The van der Waals surface area contributed by atoms with Crippen molar-refractivity contribution >= 4 is 46.9 Å². The summed E-state index contributed by atoms with van der Waals surface area (Å²) >= 11 is 7.86. The molecule has 29 heavy (non-hydrogen) atoms. The topological polar surface area (TPSA) is 119 Å². The Labute approximate surface area is 178 Å². The van der Waals surface area contributed by atoms with E-state index in [9.17, 15) is 14.9 Å². The third-order valence-electron chi connectivity index (χ3n) is 4.31. The van der Waals surface area contributed by atoms with Crippen LogP contribution >= 0.6 is 35.3 Å². The van der Waals surface area contributed by atoms with Gasteiger partial charge in [-0.2, -0.15) is 5.10 Å². The number of rotatable bonds is 7. The zero-order valence-corrected chi connectivity index (χ0v) is 17.7. The van der Waals surface area contributed by atoms with E-state index in [1.165, 1.54) is 29.2 Å². The van der Waals surface area contributed by atoms with E-state index < -0.39 is 10.8 Å². The van der Waals surface area contributed by atoms with E-state index in [2.05, 4.69) is 20.5 Å². The van der Waals surface area contributed by atoms with Crippen LogP contribution in [0.15, 0.2) is 32.8 Å². The minimum absolute atomic E-state index is 0.129. The highest BCUT2D eigenvalue weighted by Crippen LogP contribution is 2.37. The predicted molar refractivity (Wildman–Crippen MR) is 111 cm³/mol. The van der Waals surface area contributed by atoms with Crippen LogP contribution in [0.5, 0.6) is 0 Å². The second-order valence-electron chi connectivity index (χ2n) is 6.53. The fourth-order valence-corrected chi connectivity index (χ4v) is 4.97. The lowest BCUT2D eigenvalue weighted by atomic mass is 10.2. The number of benzene rings is 1. The molecule has 9 nitrogen and oxygen atoms in total. The van der Waals surface area contributed by atoms with Crippen molar-refractivity contribution in [2.75, 3.05) is 0 Å². The number of carbonyl (C=O) groups excluding carboxylic acids is 1. The van der Waals surface area contributed by atoms with Crippen molar-refractivity contribution in [1.82, 2.24) is 25.1 Å². The van der Waals surface area contributed by atoms with Gasteiger partial charge in [0.05, 0.1) is 16.4 Å². The van der Waals surface area contributed by atoms with Gasteiger partial charge in [0.25, 0.3) is 11.6 Å². The molecule has 12 heteroatoms. The quantitative estimate of drug-likeness (QED) is 0.318. The normalized spacial score (nSPS) is 13.4. The zero-order chi connectivity index (χ0) is 20.5. The van der Waals surface area contributed by atoms with Gasteiger partial charge in [-0.15, -0.1) is 11.3 Å². The van der Waals surface area contributed by atoms with Crippen LogP contribution in [-0.2, 0) is 6.54 Å². The van der Waals surface area contributed by atoms with Crippen LogP contribution < -0.4 is 5.32 Å². The van der Waals surface area contributed by atoms with Gasteiger partial charge in [-0.25, -0.2) is 4.98 Å². The maximum Gasteiger partial charge on any atom is 0.284 e. The predicted octanol–water partition coefficient (Wildman–Crippen LogP) is 4.03. The van der Waals surface area contributed by atoms with Crippen LogP contribution in [0.3, 0.4) is 0 Å². The lowest BCUT2D eigenvalue weighted by molar-refractivity contribution is -0.387. The molecule has 1 aliphatic rings. The SMILES string of the molecule is Cc1csc(Sc2ccc(C(=O)NCc3n[nH]c(=S)n3C3CC3)cc2[N+](=O)[O-])n1. The molecule has 1 aliphatic carbocycles. The maximum atomic E-state index is 12.5. The van der Waals surface area contributed by atoms with Gasteiger partial charge in [0.2, 0.25) is 0 Å². The van der Waals surface area contributed by atoms with Crippen LogP contribution in [0.2, 0.25) is 0 Å². The van der Waals surface area contributed by atoms with Gasteiger partial charge in [-0.05, 0) is 44.1 Å². The molecule has 1 saturated carbocycles. The highest BCUT2D eigenvalue weighted by Gasteiger charge is 2.27. The maximum absolute atomic E-state index is 12.5. The Morgan fingerprint density at radius 2 is 2.31 bits per heavy atom. The molecule has 2 N–H and O–H groups in total. The molecule has 150 valence electrons. The highest BCUT2D eigenvalue weighted by atomic mass is 32.2. The van der Waals surface area contributed by atoms with Crippen molar-refractivity contribution < 1.29 is 9.72 Å². The Hall–Kier alpha value is -2.57. The summed E-state index contributed by atoms with van der Waals surface area (Å²) in [6, 6.07) is 4.77. The minimum Gasteiger partial charge on any atom is -0.345 e. The second-order valence-corrected chi connectivity index (χ2v) is 9.06. The molecular weight excluding hydrogens is 432 g/mol. The average Bonchev–Trinajstić information content (AvgIpc) is 3.34. The Kier molecular flexibility index (Phi) is 5.48. The summed E-state index contributed by atoms with van der Waals surface area (Å²) in [5, 5.41) is 23.1. The zero-order valence-electron chi connectivity index (χ0n) is 15.2. The van der Waals surface area contributed by atoms with E-state index in [1.54, 1.807) is 12.1 Å². The Morgan fingerprint density at radius 3 is 2.97 bits per heavy atom. The third-order valence-corrected chi connectivity index (χ3v) is 6.72. The number of aromatic amines is 1. The van der Waals surface area contributed by atoms with Crippen LogP contribution in [-0.4, -0.2) is 30.6 Å². The molecule has 2 heterocycles. The molecule has 1 fully saturated rings. The number of aromatic nitrogens is 4. The number of nitro groups is 1. The lowest BCUT2D eigenvalue weighted by Gasteiger charge is -2.08. The molecule has 1 amide bonds. The molecule has 0 radical (unpaired) electrons. The van der Waals surface area contributed by atoms with Crippen molar-refractivity contribution in [2.24, 2.45) is 0 Å². The molecular formula is C17H16N6O3S3. The van der Waals surface area contributed by atoms with E-state index in [-0.39, 0.29) is 17.8 Å². The number of carbonyl (C=O) groups is 1. The first-order chi connectivity index (χ1) is 13.9. The average molecular weight is 449 g/mol. The van der Waals surface area contributed by atoms with E-state index >= 15 is 0 Å². The monoisotopic (exact) mass is 448 g/mol. The molecule has 2 aromatic heterocycles. The number of amides is 1. The summed E-state index contributed by atoms with van der Waals surface area (Å²) in [7, 11) is 0. The largest absolute Gasteiger partial charge is 0.345 e. The van der Waals surface area contributed by atoms with Gasteiger partial charge in [-0.3, -0.25) is 24.6 Å². The fourth-order valence-electron chi connectivity index (χ4n) is 2.79. The van der Waals surface area contributed by atoms with Gasteiger partial charge in [0.15, 0.2) is 14.9 Å². The number of nitrogens with one attached hydrogen (secondary N) is 2. The summed E-state index contributed by atoms with van der Waals surface area (Å²) in [5.41, 5.74) is 0.944. The first-order valence-electron chi connectivity index (χ1n) is 8.75. The summed E-state index contributed by atoms with van der Waals surface area (Å²) in [6.45, 7) is 2.05. The van der Waals surface area contributed by atoms with Crippen molar-refractivity contribution in [2.45, 2.75) is 41.6 Å². The summed E-state index contributed by atoms with van der Waals surface area (Å²) in [6.07, 6.45) is 2.08.